The monoisotopic (exact) mass is 279 g/mol. The predicted octanol–water partition coefficient (Wildman–Crippen LogP) is 4.82. The average Bonchev–Trinajstić information content (AvgIpc) is 2.93. The van der Waals surface area contributed by atoms with E-state index in [2.05, 4.69) is 9.97 Å². The Balaban J connectivity index is 2.12. The number of fused-ring (bicyclic) bond motifs is 3. The number of rotatable bonds is 1. The number of aromatic nitrogens is 2. The number of hydrogen-bond acceptors (Lipinski definition) is 3. The molecule has 0 fully saturated rings. The Morgan fingerprint density at radius 3 is 2.95 bits per heavy atom. The van der Waals surface area contributed by atoms with Gasteiger partial charge in [-0.25, -0.2) is 0 Å². The molecular formula is C17H12N2S. The minimum absolute atomic E-state index is 0.305. The van der Waals surface area contributed by atoms with Crippen LogP contribution in [0, 0.1) is 6.85 Å². The molecule has 3 heterocycles. The van der Waals surface area contributed by atoms with Crippen molar-refractivity contribution in [2.24, 2.45) is 0 Å². The number of benzene rings is 1. The van der Waals surface area contributed by atoms with E-state index < -0.39 is 6.85 Å². The molecule has 20 heavy (non-hydrogen) atoms. The van der Waals surface area contributed by atoms with Crippen LogP contribution in [0.2, 0.25) is 0 Å². The molecule has 4 rings (SSSR count). The zero-order valence-corrected chi connectivity index (χ0v) is 11.3. The van der Waals surface area contributed by atoms with Gasteiger partial charge in [0.25, 0.3) is 0 Å². The molecule has 0 atom stereocenters. The van der Waals surface area contributed by atoms with Crippen LogP contribution in [0.15, 0.2) is 55.0 Å². The lowest BCUT2D eigenvalue weighted by Crippen LogP contribution is -1.82. The fraction of sp³-hybridized carbons (Fsp3) is 0.0588. The van der Waals surface area contributed by atoms with Gasteiger partial charge in [-0.15, -0.1) is 11.3 Å². The van der Waals surface area contributed by atoms with Crippen molar-refractivity contribution in [3.05, 3.63) is 60.6 Å². The van der Waals surface area contributed by atoms with Gasteiger partial charge in [0.15, 0.2) is 0 Å². The number of hydrogen-bond donors (Lipinski definition) is 0. The summed E-state index contributed by atoms with van der Waals surface area (Å²) in [6.07, 6.45) is 4.95. The molecule has 3 heteroatoms. The lowest BCUT2D eigenvalue weighted by Gasteiger charge is -2.02. The van der Waals surface area contributed by atoms with Crippen LogP contribution >= 0.6 is 11.3 Å². The maximum absolute atomic E-state index is 7.77. The summed E-state index contributed by atoms with van der Waals surface area (Å²) in [5, 5.41) is 1.72. The summed E-state index contributed by atoms with van der Waals surface area (Å²) in [5.41, 5.74) is 2.20. The molecule has 0 N–H and O–H groups in total. The zero-order chi connectivity index (χ0) is 16.0. The van der Waals surface area contributed by atoms with Gasteiger partial charge in [0.2, 0.25) is 0 Å². The van der Waals surface area contributed by atoms with Crippen LogP contribution in [0.3, 0.4) is 0 Å². The van der Waals surface area contributed by atoms with E-state index in [4.69, 9.17) is 4.11 Å². The predicted molar refractivity (Wildman–Crippen MR) is 85.1 cm³/mol. The Hall–Kier alpha value is -2.26. The molecule has 0 saturated carbocycles. The molecule has 0 saturated heterocycles. The van der Waals surface area contributed by atoms with Crippen molar-refractivity contribution in [2.75, 3.05) is 0 Å². The second kappa shape index (κ2) is 4.39. The second-order valence-electron chi connectivity index (χ2n) is 4.56. The Morgan fingerprint density at radius 1 is 1.10 bits per heavy atom. The maximum atomic E-state index is 7.77. The van der Waals surface area contributed by atoms with Gasteiger partial charge < -0.3 is 0 Å². The van der Waals surface area contributed by atoms with Gasteiger partial charge in [-0.05, 0) is 24.5 Å². The quantitative estimate of drug-likeness (QED) is 0.499. The van der Waals surface area contributed by atoms with Crippen LogP contribution in [-0.2, 0) is 0 Å². The molecule has 0 radical (unpaired) electrons. The van der Waals surface area contributed by atoms with E-state index in [-0.39, 0.29) is 0 Å². The molecule has 96 valence electrons. The van der Waals surface area contributed by atoms with Crippen molar-refractivity contribution in [1.82, 2.24) is 9.97 Å². The van der Waals surface area contributed by atoms with Crippen molar-refractivity contribution in [1.29, 1.82) is 0 Å². The molecule has 3 aromatic heterocycles. The van der Waals surface area contributed by atoms with Crippen LogP contribution in [0.5, 0.6) is 0 Å². The van der Waals surface area contributed by atoms with Crippen LogP contribution in [0.1, 0.15) is 9.68 Å². The molecule has 0 amide bonds. The molecule has 0 aliphatic carbocycles. The highest BCUT2D eigenvalue weighted by molar-refractivity contribution is 7.26. The third-order valence-corrected chi connectivity index (χ3v) is 4.52. The van der Waals surface area contributed by atoms with Gasteiger partial charge in [0.05, 0.1) is 10.4 Å². The molecule has 0 aliphatic heterocycles. The molecular weight excluding hydrogens is 264 g/mol. The minimum Gasteiger partial charge on any atom is -0.263 e. The van der Waals surface area contributed by atoms with E-state index in [1.807, 2.05) is 36.4 Å². The first-order valence-electron chi connectivity index (χ1n) is 7.77. The van der Waals surface area contributed by atoms with Crippen molar-refractivity contribution in [2.45, 2.75) is 6.85 Å². The first-order valence-corrected chi connectivity index (χ1v) is 7.08. The number of thiophene rings is 1. The van der Waals surface area contributed by atoms with Crippen molar-refractivity contribution in [3.63, 3.8) is 0 Å². The van der Waals surface area contributed by atoms with Gasteiger partial charge in [0, 0.05) is 43.7 Å². The van der Waals surface area contributed by atoms with Crippen molar-refractivity contribution < 1.29 is 4.11 Å². The molecule has 0 unspecified atom stereocenters. The Kier molecular flexibility index (Phi) is 1.94. The van der Waals surface area contributed by atoms with Crippen LogP contribution in [0.4, 0.5) is 0 Å². The Bertz CT molecular complexity index is 1010. The van der Waals surface area contributed by atoms with Crippen molar-refractivity contribution >= 4 is 31.5 Å². The minimum atomic E-state index is -2.18. The maximum Gasteiger partial charge on any atom is 0.0716 e. The summed E-state index contributed by atoms with van der Waals surface area (Å²) in [5.74, 6) is 0. The molecule has 0 bridgehead atoms. The highest BCUT2D eigenvalue weighted by Crippen LogP contribution is 2.39. The molecule has 4 aromatic rings. The van der Waals surface area contributed by atoms with Gasteiger partial charge >= 0.3 is 0 Å². The summed E-state index contributed by atoms with van der Waals surface area (Å²) < 4.78 is 25.2. The standard InChI is InChI=1S/C17H12N2S/c1-11-9-18-10-15-16(11)13-6-4-5-12(17(13)20-15)14-7-2-3-8-19-14/h2-10H,1H3/i1D3. The summed E-state index contributed by atoms with van der Waals surface area (Å²) in [7, 11) is 0. The SMILES string of the molecule is [2H]C([2H])([2H])c1cncc2sc3c(-c4ccccn4)cccc3c12. The summed E-state index contributed by atoms with van der Waals surface area (Å²) in [6, 6.07) is 11.7. The van der Waals surface area contributed by atoms with E-state index in [9.17, 15) is 0 Å². The fourth-order valence-corrected chi connectivity index (χ4v) is 3.69. The average molecular weight is 279 g/mol. The summed E-state index contributed by atoms with van der Waals surface area (Å²) in [4.78, 5) is 8.53. The topological polar surface area (TPSA) is 25.8 Å². The summed E-state index contributed by atoms with van der Waals surface area (Å²) >= 11 is 1.56. The Morgan fingerprint density at radius 2 is 2.10 bits per heavy atom. The van der Waals surface area contributed by atoms with E-state index in [1.165, 1.54) is 6.20 Å². The third kappa shape index (κ3) is 1.63. The third-order valence-electron chi connectivity index (χ3n) is 3.35. The van der Waals surface area contributed by atoms with Crippen LogP contribution in [-0.4, -0.2) is 9.97 Å². The number of aryl methyl sites for hydroxylation is 1. The van der Waals surface area contributed by atoms with E-state index in [0.717, 1.165) is 31.4 Å². The number of nitrogens with zero attached hydrogens (tertiary/aromatic N) is 2. The lowest BCUT2D eigenvalue weighted by molar-refractivity contribution is 1.32. The zero-order valence-electron chi connectivity index (χ0n) is 13.5. The highest BCUT2D eigenvalue weighted by atomic mass is 32.1. The van der Waals surface area contributed by atoms with E-state index in [0.29, 0.717) is 5.56 Å². The largest absolute Gasteiger partial charge is 0.263 e. The Labute approximate surface area is 125 Å². The lowest BCUT2D eigenvalue weighted by atomic mass is 10.1. The summed E-state index contributed by atoms with van der Waals surface area (Å²) in [6.45, 7) is -2.18. The molecule has 0 spiro atoms. The molecule has 0 aliphatic rings. The van der Waals surface area contributed by atoms with Crippen molar-refractivity contribution in [3.8, 4) is 11.3 Å². The molecule has 2 nitrogen and oxygen atoms in total. The second-order valence-corrected chi connectivity index (χ2v) is 5.61. The van der Waals surface area contributed by atoms with Crippen LogP contribution in [0.25, 0.3) is 31.4 Å². The van der Waals surface area contributed by atoms with E-state index >= 15 is 0 Å². The van der Waals surface area contributed by atoms with Gasteiger partial charge in [-0.2, -0.15) is 0 Å². The first-order chi connectivity index (χ1) is 11.1. The van der Waals surface area contributed by atoms with Gasteiger partial charge in [-0.1, -0.05) is 24.3 Å². The number of pyridine rings is 2. The van der Waals surface area contributed by atoms with Gasteiger partial charge in [-0.3, -0.25) is 9.97 Å². The van der Waals surface area contributed by atoms with Crippen LogP contribution < -0.4 is 0 Å². The molecule has 1 aromatic carbocycles. The van der Waals surface area contributed by atoms with Gasteiger partial charge in [0.1, 0.15) is 0 Å². The highest BCUT2D eigenvalue weighted by Gasteiger charge is 2.12. The normalized spacial score (nSPS) is 14.1. The smallest absolute Gasteiger partial charge is 0.0716 e. The fourth-order valence-electron chi connectivity index (χ4n) is 2.47. The first kappa shape index (κ1) is 8.82. The van der Waals surface area contributed by atoms with E-state index in [1.54, 1.807) is 23.7 Å².